The lowest BCUT2D eigenvalue weighted by atomic mass is 10.2. The number of rotatable bonds is 7. The van der Waals surface area contributed by atoms with Gasteiger partial charge < -0.3 is 20.4 Å². The summed E-state index contributed by atoms with van der Waals surface area (Å²) in [5, 5.41) is 14.2. The lowest BCUT2D eigenvalue weighted by Crippen LogP contribution is -2.21. The minimum atomic E-state index is -0.596. The van der Waals surface area contributed by atoms with Crippen LogP contribution in [0.2, 0.25) is 0 Å². The molecule has 0 spiro atoms. The predicted octanol–water partition coefficient (Wildman–Crippen LogP) is 2.81. The van der Waals surface area contributed by atoms with Crippen molar-refractivity contribution in [2.75, 3.05) is 23.0 Å². The molecule has 2 aromatic heterocycles. The van der Waals surface area contributed by atoms with Gasteiger partial charge >= 0.3 is 5.69 Å². The largest absolute Gasteiger partial charge is 0.467 e. The van der Waals surface area contributed by atoms with E-state index < -0.39 is 4.92 Å². The second-order valence-electron chi connectivity index (χ2n) is 5.64. The third-order valence-electron chi connectivity index (χ3n) is 3.70. The molecule has 1 aromatic carbocycles. The van der Waals surface area contributed by atoms with Gasteiger partial charge in [0.1, 0.15) is 5.76 Å². The Hall–Kier alpha value is -3.62. The van der Waals surface area contributed by atoms with Crippen molar-refractivity contribution in [3.05, 3.63) is 70.2 Å². The summed E-state index contributed by atoms with van der Waals surface area (Å²) in [5.74, 6) is 0.769. The van der Waals surface area contributed by atoms with Crippen LogP contribution in [-0.2, 0) is 13.1 Å². The van der Waals surface area contributed by atoms with Crippen molar-refractivity contribution in [3.8, 4) is 0 Å². The number of nitro groups is 1. The average molecular weight is 354 g/mol. The van der Waals surface area contributed by atoms with Crippen molar-refractivity contribution in [1.82, 2.24) is 9.97 Å². The number of anilines is 3. The van der Waals surface area contributed by atoms with Crippen LogP contribution < -0.4 is 16.0 Å². The normalized spacial score (nSPS) is 10.5. The average Bonchev–Trinajstić information content (AvgIpc) is 3.13. The van der Waals surface area contributed by atoms with Crippen molar-refractivity contribution in [1.29, 1.82) is 0 Å². The summed E-state index contributed by atoms with van der Waals surface area (Å²) in [6.07, 6.45) is 1.53. The summed E-state index contributed by atoms with van der Waals surface area (Å²) in [6, 6.07) is 13.2. The van der Waals surface area contributed by atoms with Crippen LogP contribution in [0.25, 0.3) is 0 Å². The van der Waals surface area contributed by atoms with E-state index in [1.807, 2.05) is 30.3 Å². The van der Waals surface area contributed by atoms with Crippen molar-refractivity contribution < 1.29 is 9.34 Å². The van der Waals surface area contributed by atoms with E-state index in [4.69, 9.17) is 10.2 Å². The van der Waals surface area contributed by atoms with E-state index in [0.29, 0.717) is 18.3 Å². The van der Waals surface area contributed by atoms with Crippen molar-refractivity contribution in [3.63, 3.8) is 0 Å². The number of benzene rings is 1. The Morgan fingerprint density at radius 3 is 2.65 bits per heavy atom. The van der Waals surface area contributed by atoms with Gasteiger partial charge in [0, 0.05) is 13.6 Å². The topological polar surface area (TPSA) is 123 Å². The first kappa shape index (κ1) is 17.2. The molecule has 0 aliphatic heterocycles. The molecule has 3 N–H and O–H groups in total. The van der Waals surface area contributed by atoms with Crippen LogP contribution in [0.5, 0.6) is 0 Å². The SMILES string of the molecule is CN(Cc1ccccc1)c1nc(N)c([N+](=O)[O-])c(NCc2ccco2)n1. The summed E-state index contributed by atoms with van der Waals surface area (Å²) < 4.78 is 5.23. The summed E-state index contributed by atoms with van der Waals surface area (Å²) >= 11 is 0. The van der Waals surface area contributed by atoms with Gasteiger partial charge in [-0.1, -0.05) is 30.3 Å². The second-order valence-corrected chi connectivity index (χ2v) is 5.64. The lowest BCUT2D eigenvalue weighted by molar-refractivity contribution is -0.383. The maximum Gasteiger partial charge on any atom is 0.353 e. The smallest absolute Gasteiger partial charge is 0.353 e. The van der Waals surface area contributed by atoms with Gasteiger partial charge in [0.2, 0.25) is 17.6 Å². The third-order valence-corrected chi connectivity index (χ3v) is 3.70. The number of aromatic nitrogens is 2. The fourth-order valence-corrected chi connectivity index (χ4v) is 2.45. The van der Waals surface area contributed by atoms with Crippen LogP contribution in [-0.4, -0.2) is 21.9 Å². The molecular formula is C17H18N6O3. The van der Waals surface area contributed by atoms with Gasteiger partial charge in [-0.25, -0.2) is 0 Å². The lowest BCUT2D eigenvalue weighted by Gasteiger charge is -2.18. The molecule has 0 unspecified atom stereocenters. The number of hydrogen-bond donors (Lipinski definition) is 2. The Balaban J connectivity index is 1.87. The molecule has 9 heteroatoms. The summed E-state index contributed by atoms with van der Waals surface area (Å²) in [7, 11) is 1.80. The molecule has 134 valence electrons. The van der Waals surface area contributed by atoms with Gasteiger partial charge in [0.05, 0.1) is 17.7 Å². The van der Waals surface area contributed by atoms with E-state index in [0.717, 1.165) is 5.56 Å². The molecule has 3 rings (SSSR count). The number of hydrogen-bond acceptors (Lipinski definition) is 8. The van der Waals surface area contributed by atoms with Crippen molar-refractivity contribution in [2.24, 2.45) is 0 Å². The number of furan rings is 1. The maximum absolute atomic E-state index is 11.3. The van der Waals surface area contributed by atoms with E-state index in [2.05, 4.69) is 15.3 Å². The Bertz CT molecular complexity index is 883. The predicted molar refractivity (Wildman–Crippen MR) is 97.7 cm³/mol. The number of nitrogens with two attached hydrogens (primary N) is 1. The summed E-state index contributed by atoms with van der Waals surface area (Å²) in [5.41, 5.74) is 6.52. The molecule has 0 aliphatic carbocycles. The summed E-state index contributed by atoms with van der Waals surface area (Å²) in [6.45, 7) is 0.780. The Morgan fingerprint density at radius 1 is 1.23 bits per heavy atom. The van der Waals surface area contributed by atoms with Crippen LogP contribution in [0.3, 0.4) is 0 Å². The molecule has 0 saturated carbocycles. The van der Waals surface area contributed by atoms with Gasteiger partial charge in [-0.15, -0.1) is 0 Å². The maximum atomic E-state index is 11.3. The molecule has 2 heterocycles. The van der Waals surface area contributed by atoms with Crippen LogP contribution >= 0.6 is 0 Å². The van der Waals surface area contributed by atoms with Crippen LogP contribution in [0.4, 0.5) is 23.3 Å². The molecule has 26 heavy (non-hydrogen) atoms. The van der Waals surface area contributed by atoms with E-state index in [1.54, 1.807) is 24.1 Å². The van der Waals surface area contributed by atoms with E-state index in [-0.39, 0.29) is 23.9 Å². The zero-order valence-corrected chi connectivity index (χ0v) is 14.1. The zero-order valence-electron chi connectivity index (χ0n) is 14.1. The highest BCUT2D eigenvalue weighted by molar-refractivity contribution is 5.70. The standard InChI is InChI=1S/C17H18N6O3/c1-22(11-12-6-3-2-4-7-12)17-20-15(18)14(23(24)25)16(21-17)19-10-13-8-5-9-26-13/h2-9H,10-11H2,1H3,(H3,18,19,20,21). The highest BCUT2D eigenvalue weighted by Gasteiger charge is 2.24. The van der Waals surface area contributed by atoms with Gasteiger partial charge in [0.15, 0.2) is 0 Å². The number of nitrogens with one attached hydrogen (secondary N) is 1. The minimum absolute atomic E-state index is 0.0498. The van der Waals surface area contributed by atoms with E-state index in [9.17, 15) is 10.1 Å². The Labute approximate surface area is 149 Å². The quantitative estimate of drug-likeness (QED) is 0.490. The molecule has 0 radical (unpaired) electrons. The van der Waals surface area contributed by atoms with Crippen LogP contribution in [0.1, 0.15) is 11.3 Å². The minimum Gasteiger partial charge on any atom is -0.467 e. The first-order valence-corrected chi connectivity index (χ1v) is 7.88. The highest BCUT2D eigenvalue weighted by atomic mass is 16.6. The molecule has 0 aliphatic rings. The summed E-state index contributed by atoms with van der Waals surface area (Å²) in [4.78, 5) is 20.9. The fourth-order valence-electron chi connectivity index (χ4n) is 2.45. The van der Waals surface area contributed by atoms with Crippen molar-refractivity contribution in [2.45, 2.75) is 13.1 Å². The van der Waals surface area contributed by atoms with Gasteiger partial charge in [-0.3, -0.25) is 10.1 Å². The third kappa shape index (κ3) is 3.89. The number of nitrogens with zero attached hydrogens (tertiary/aromatic N) is 4. The van der Waals surface area contributed by atoms with Gasteiger partial charge in [-0.2, -0.15) is 9.97 Å². The van der Waals surface area contributed by atoms with E-state index >= 15 is 0 Å². The van der Waals surface area contributed by atoms with Gasteiger partial charge in [-0.05, 0) is 17.7 Å². The Kier molecular flexibility index (Phi) is 4.97. The van der Waals surface area contributed by atoms with E-state index in [1.165, 1.54) is 6.26 Å². The molecule has 0 bridgehead atoms. The number of nitrogen functional groups attached to an aromatic ring is 1. The molecule has 0 fully saturated rings. The first-order valence-electron chi connectivity index (χ1n) is 7.88. The first-order chi connectivity index (χ1) is 12.5. The monoisotopic (exact) mass is 354 g/mol. The zero-order chi connectivity index (χ0) is 18.5. The fraction of sp³-hybridized carbons (Fsp3) is 0.176. The molecule has 0 saturated heterocycles. The molecular weight excluding hydrogens is 336 g/mol. The Morgan fingerprint density at radius 2 is 2.00 bits per heavy atom. The second kappa shape index (κ2) is 7.51. The molecule has 3 aromatic rings. The van der Waals surface area contributed by atoms with Crippen LogP contribution in [0.15, 0.2) is 53.1 Å². The highest BCUT2D eigenvalue weighted by Crippen LogP contribution is 2.30. The molecule has 0 amide bonds. The van der Waals surface area contributed by atoms with Gasteiger partial charge in [0.25, 0.3) is 0 Å². The van der Waals surface area contributed by atoms with Crippen molar-refractivity contribution >= 4 is 23.3 Å². The molecule has 0 atom stereocenters. The molecule has 9 nitrogen and oxygen atoms in total. The van der Waals surface area contributed by atoms with Crippen LogP contribution in [0, 0.1) is 10.1 Å².